The highest BCUT2D eigenvalue weighted by Crippen LogP contribution is 2.03. The van der Waals surface area contributed by atoms with Gasteiger partial charge in [-0.2, -0.15) is 0 Å². The van der Waals surface area contributed by atoms with Crippen molar-refractivity contribution in [3.05, 3.63) is 0 Å². The first kappa shape index (κ1) is 26.8. The zero-order valence-electron chi connectivity index (χ0n) is 17.1. The predicted molar refractivity (Wildman–Crippen MR) is 104 cm³/mol. The van der Waals surface area contributed by atoms with Crippen molar-refractivity contribution in [1.82, 2.24) is 16.0 Å². The Labute approximate surface area is 173 Å². The number of hydrogen-bond acceptors (Lipinski definition) is 7. The number of nitrogens with one attached hydrogen (secondary N) is 3. The summed E-state index contributed by atoms with van der Waals surface area (Å²) >= 11 is 0. The fraction of sp³-hybridized carbons (Fsp3) is 0.647. The number of hydrogen-bond donors (Lipinski definition) is 7. The summed E-state index contributed by atoms with van der Waals surface area (Å²) in [7, 11) is 0. The van der Waals surface area contributed by atoms with Crippen LogP contribution in [0.3, 0.4) is 0 Å². The molecule has 13 heteroatoms. The zero-order valence-corrected chi connectivity index (χ0v) is 17.1. The average Bonchev–Trinajstić information content (AvgIpc) is 2.62. The topological polar surface area (TPSA) is 237 Å². The van der Waals surface area contributed by atoms with Crippen molar-refractivity contribution in [1.29, 1.82) is 0 Å². The highest BCUT2D eigenvalue weighted by Gasteiger charge is 2.29. The number of aliphatic carboxylic acids is 1. The van der Waals surface area contributed by atoms with E-state index in [0.717, 1.165) is 0 Å². The zero-order chi connectivity index (χ0) is 23.6. The smallest absolute Gasteiger partial charge is 0.326 e. The number of carboxylic acid groups (broad SMARTS) is 1. The molecular formula is C17H30N6O7. The lowest BCUT2D eigenvalue weighted by molar-refractivity contribution is -0.143. The summed E-state index contributed by atoms with van der Waals surface area (Å²) in [6.45, 7) is 4.68. The SMILES string of the molecule is CC(NC(=O)C(CCC(N)=O)NC(=O)C(N)C(C)C)C(=O)NC(CC(N)=O)C(=O)O. The summed E-state index contributed by atoms with van der Waals surface area (Å²) in [4.78, 5) is 69.9. The van der Waals surface area contributed by atoms with Crippen LogP contribution in [0.15, 0.2) is 0 Å². The Balaban J connectivity index is 5.15. The summed E-state index contributed by atoms with van der Waals surface area (Å²) in [6, 6.07) is -4.90. The van der Waals surface area contributed by atoms with Crippen LogP contribution in [0.2, 0.25) is 0 Å². The molecule has 0 aromatic carbocycles. The molecule has 0 rings (SSSR count). The molecule has 170 valence electrons. The van der Waals surface area contributed by atoms with Crippen LogP contribution in [0.1, 0.15) is 40.0 Å². The van der Waals surface area contributed by atoms with E-state index in [9.17, 15) is 28.8 Å². The standard InChI is InChI=1S/C17H30N6O7/c1-7(2)13(20)16(28)22-9(4-5-11(18)24)15(27)21-8(3)14(26)23-10(17(29)30)6-12(19)25/h7-10,13H,4-6,20H2,1-3H3,(H2,18,24)(H2,19,25)(H,21,27)(H,22,28)(H,23,26)(H,29,30). The second-order valence-electron chi connectivity index (χ2n) is 7.14. The summed E-state index contributed by atoms with van der Waals surface area (Å²) < 4.78 is 0. The molecule has 10 N–H and O–H groups in total. The van der Waals surface area contributed by atoms with E-state index in [4.69, 9.17) is 22.3 Å². The van der Waals surface area contributed by atoms with Crippen molar-refractivity contribution in [2.45, 2.75) is 64.2 Å². The maximum atomic E-state index is 12.5. The van der Waals surface area contributed by atoms with Crippen molar-refractivity contribution in [2.75, 3.05) is 0 Å². The molecule has 0 heterocycles. The summed E-state index contributed by atoms with van der Waals surface area (Å²) in [6.07, 6.45) is -0.979. The fourth-order valence-corrected chi connectivity index (χ4v) is 2.20. The van der Waals surface area contributed by atoms with Crippen LogP contribution < -0.4 is 33.2 Å². The molecule has 4 atom stereocenters. The first-order valence-electron chi connectivity index (χ1n) is 9.22. The molecule has 0 aliphatic carbocycles. The quantitative estimate of drug-likeness (QED) is 0.155. The van der Waals surface area contributed by atoms with Gasteiger partial charge in [-0.25, -0.2) is 4.79 Å². The maximum absolute atomic E-state index is 12.5. The summed E-state index contributed by atoms with van der Waals surface area (Å²) in [5.41, 5.74) is 15.8. The number of amides is 5. The third-order valence-corrected chi connectivity index (χ3v) is 4.11. The minimum Gasteiger partial charge on any atom is -0.480 e. The van der Waals surface area contributed by atoms with E-state index in [1.54, 1.807) is 13.8 Å². The van der Waals surface area contributed by atoms with E-state index >= 15 is 0 Å². The molecule has 0 saturated heterocycles. The Morgan fingerprint density at radius 3 is 1.77 bits per heavy atom. The Morgan fingerprint density at radius 1 is 0.800 bits per heavy atom. The third kappa shape index (κ3) is 9.82. The van der Waals surface area contributed by atoms with Gasteiger partial charge in [-0.05, 0) is 19.3 Å². The number of primary amides is 2. The van der Waals surface area contributed by atoms with Gasteiger partial charge in [0.25, 0.3) is 0 Å². The number of carbonyl (C=O) groups is 6. The van der Waals surface area contributed by atoms with Crippen LogP contribution in [0.25, 0.3) is 0 Å². The number of carbonyl (C=O) groups excluding carboxylic acids is 5. The van der Waals surface area contributed by atoms with Crippen molar-refractivity contribution in [3.8, 4) is 0 Å². The van der Waals surface area contributed by atoms with Crippen molar-refractivity contribution >= 4 is 35.5 Å². The Bertz CT molecular complexity index is 682. The van der Waals surface area contributed by atoms with Gasteiger partial charge in [-0.1, -0.05) is 13.8 Å². The lowest BCUT2D eigenvalue weighted by Crippen LogP contribution is -2.57. The minimum atomic E-state index is -1.57. The average molecular weight is 430 g/mol. The molecule has 0 aromatic heterocycles. The second-order valence-corrected chi connectivity index (χ2v) is 7.14. The van der Waals surface area contributed by atoms with Crippen molar-refractivity contribution in [3.63, 3.8) is 0 Å². The van der Waals surface area contributed by atoms with Gasteiger partial charge in [0.15, 0.2) is 0 Å². The monoisotopic (exact) mass is 430 g/mol. The van der Waals surface area contributed by atoms with E-state index in [0.29, 0.717) is 0 Å². The first-order valence-corrected chi connectivity index (χ1v) is 9.22. The minimum absolute atomic E-state index is 0.133. The predicted octanol–water partition coefficient (Wildman–Crippen LogP) is -3.33. The maximum Gasteiger partial charge on any atom is 0.326 e. The molecule has 5 amide bonds. The number of carboxylic acids is 1. The molecule has 0 bridgehead atoms. The van der Waals surface area contributed by atoms with E-state index in [1.807, 2.05) is 0 Å². The summed E-state index contributed by atoms with van der Waals surface area (Å²) in [5, 5.41) is 15.8. The first-order chi connectivity index (χ1) is 13.8. The Hall–Kier alpha value is -3.22. The molecule has 0 radical (unpaired) electrons. The largest absolute Gasteiger partial charge is 0.480 e. The van der Waals surface area contributed by atoms with E-state index < -0.39 is 66.1 Å². The van der Waals surface area contributed by atoms with Crippen molar-refractivity contribution < 1.29 is 33.9 Å². The molecule has 0 aliphatic heterocycles. The molecular weight excluding hydrogens is 400 g/mol. The van der Waals surface area contributed by atoms with Crippen LogP contribution in [-0.4, -0.2) is 64.8 Å². The lowest BCUT2D eigenvalue weighted by atomic mass is 10.0. The fourth-order valence-electron chi connectivity index (χ4n) is 2.20. The molecule has 4 unspecified atom stereocenters. The summed E-state index contributed by atoms with van der Waals surface area (Å²) in [5.74, 6) is -5.64. The Kier molecular flexibility index (Phi) is 11.0. The molecule has 0 fully saturated rings. The van der Waals surface area contributed by atoms with Gasteiger partial charge < -0.3 is 38.3 Å². The van der Waals surface area contributed by atoms with Gasteiger partial charge in [-0.3, -0.25) is 24.0 Å². The van der Waals surface area contributed by atoms with Crippen LogP contribution in [0.5, 0.6) is 0 Å². The van der Waals surface area contributed by atoms with Gasteiger partial charge >= 0.3 is 5.97 Å². The van der Waals surface area contributed by atoms with Gasteiger partial charge in [0.1, 0.15) is 18.1 Å². The molecule has 0 aliphatic rings. The lowest BCUT2D eigenvalue weighted by Gasteiger charge is -2.24. The van der Waals surface area contributed by atoms with Gasteiger partial charge in [0.2, 0.25) is 29.5 Å². The molecule has 0 aromatic rings. The van der Waals surface area contributed by atoms with Gasteiger partial charge in [-0.15, -0.1) is 0 Å². The van der Waals surface area contributed by atoms with E-state index in [1.165, 1.54) is 6.92 Å². The molecule has 30 heavy (non-hydrogen) atoms. The van der Waals surface area contributed by atoms with Gasteiger partial charge in [0.05, 0.1) is 12.5 Å². The van der Waals surface area contributed by atoms with Crippen LogP contribution in [-0.2, 0) is 28.8 Å². The van der Waals surface area contributed by atoms with E-state index in [-0.39, 0.29) is 18.8 Å². The van der Waals surface area contributed by atoms with Crippen LogP contribution in [0, 0.1) is 5.92 Å². The molecule has 0 saturated carbocycles. The second kappa shape index (κ2) is 12.4. The van der Waals surface area contributed by atoms with Gasteiger partial charge in [0, 0.05) is 6.42 Å². The van der Waals surface area contributed by atoms with Crippen LogP contribution >= 0.6 is 0 Å². The van der Waals surface area contributed by atoms with Crippen molar-refractivity contribution in [2.24, 2.45) is 23.1 Å². The highest BCUT2D eigenvalue weighted by molar-refractivity contribution is 5.94. The third-order valence-electron chi connectivity index (χ3n) is 4.11. The number of nitrogens with two attached hydrogens (primary N) is 3. The molecule has 13 nitrogen and oxygen atoms in total. The van der Waals surface area contributed by atoms with Crippen LogP contribution in [0.4, 0.5) is 0 Å². The normalized spacial score (nSPS) is 14.7. The number of rotatable bonds is 13. The molecule has 0 spiro atoms. The van der Waals surface area contributed by atoms with E-state index in [2.05, 4.69) is 16.0 Å². The highest BCUT2D eigenvalue weighted by atomic mass is 16.4. The Morgan fingerprint density at radius 2 is 1.33 bits per heavy atom.